The van der Waals surface area contributed by atoms with Crippen LogP contribution in [0.5, 0.6) is 0 Å². The smallest absolute Gasteiger partial charge is 0.226 e. The quantitative estimate of drug-likeness (QED) is 0.939. The SMILES string of the molecule is Fc1ccc(-c2noc(CCC3CCCNC3)n2)c(Cl)c1. The number of halogens is 2. The van der Waals surface area contributed by atoms with Crippen LogP contribution in [0.3, 0.4) is 0 Å². The molecule has 1 atom stereocenters. The fourth-order valence-corrected chi connectivity index (χ4v) is 2.89. The molecule has 0 saturated carbocycles. The van der Waals surface area contributed by atoms with Crippen LogP contribution in [0.1, 0.15) is 25.2 Å². The Balaban J connectivity index is 1.65. The van der Waals surface area contributed by atoms with Crippen molar-refractivity contribution in [2.24, 2.45) is 5.92 Å². The Hall–Kier alpha value is -1.46. The van der Waals surface area contributed by atoms with Crippen molar-refractivity contribution >= 4 is 11.6 Å². The molecule has 1 unspecified atom stereocenters. The van der Waals surface area contributed by atoms with E-state index in [0.29, 0.717) is 28.2 Å². The number of aryl methyl sites for hydroxylation is 1. The molecule has 4 nitrogen and oxygen atoms in total. The first-order valence-electron chi connectivity index (χ1n) is 7.21. The van der Waals surface area contributed by atoms with Gasteiger partial charge in [0.15, 0.2) is 0 Å². The van der Waals surface area contributed by atoms with Gasteiger partial charge in [0.2, 0.25) is 11.7 Å². The molecule has 1 N–H and O–H groups in total. The molecular formula is C15H17ClFN3O. The molecule has 0 spiro atoms. The lowest BCUT2D eigenvalue weighted by atomic mass is 9.95. The largest absolute Gasteiger partial charge is 0.339 e. The number of hydrogen-bond donors (Lipinski definition) is 1. The van der Waals surface area contributed by atoms with Crippen molar-refractivity contribution in [3.05, 3.63) is 34.9 Å². The molecule has 2 heterocycles. The highest BCUT2D eigenvalue weighted by atomic mass is 35.5. The molecule has 0 bridgehead atoms. The van der Waals surface area contributed by atoms with E-state index in [0.717, 1.165) is 25.9 Å². The van der Waals surface area contributed by atoms with Crippen molar-refractivity contribution in [1.82, 2.24) is 15.5 Å². The minimum atomic E-state index is -0.378. The zero-order chi connectivity index (χ0) is 14.7. The van der Waals surface area contributed by atoms with Crippen molar-refractivity contribution < 1.29 is 8.91 Å². The van der Waals surface area contributed by atoms with E-state index in [-0.39, 0.29) is 5.82 Å². The first kappa shape index (κ1) is 14.5. The van der Waals surface area contributed by atoms with Crippen LogP contribution >= 0.6 is 11.6 Å². The van der Waals surface area contributed by atoms with Crippen LogP contribution in [0, 0.1) is 11.7 Å². The van der Waals surface area contributed by atoms with Gasteiger partial charge in [0, 0.05) is 12.0 Å². The molecule has 6 heteroatoms. The second-order valence-electron chi connectivity index (χ2n) is 5.39. The first-order chi connectivity index (χ1) is 10.2. The minimum absolute atomic E-state index is 0.291. The lowest BCUT2D eigenvalue weighted by molar-refractivity contribution is 0.327. The molecule has 2 aromatic rings. The van der Waals surface area contributed by atoms with Crippen LogP contribution < -0.4 is 5.32 Å². The molecule has 0 aliphatic carbocycles. The zero-order valence-electron chi connectivity index (χ0n) is 11.6. The van der Waals surface area contributed by atoms with Crippen LogP contribution in [0.15, 0.2) is 22.7 Å². The third-order valence-corrected chi connectivity index (χ3v) is 4.12. The van der Waals surface area contributed by atoms with E-state index in [9.17, 15) is 4.39 Å². The summed E-state index contributed by atoms with van der Waals surface area (Å²) in [5, 5.41) is 7.62. The van der Waals surface area contributed by atoms with Crippen LogP contribution in [0.2, 0.25) is 5.02 Å². The van der Waals surface area contributed by atoms with E-state index >= 15 is 0 Å². The maximum atomic E-state index is 13.0. The second-order valence-corrected chi connectivity index (χ2v) is 5.79. The Morgan fingerprint density at radius 2 is 2.33 bits per heavy atom. The molecule has 1 fully saturated rings. The van der Waals surface area contributed by atoms with Crippen LogP contribution in [-0.2, 0) is 6.42 Å². The number of benzene rings is 1. The summed E-state index contributed by atoms with van der Waals surface area (Å²) < 4.78 is 18.3. The van der Waals surface area contributed by atoms with E-state index < -0.39 is 0 Å². The van der Waals surface area contributed by atoms with Gasteiger partial charge >= 0.3 is 0 Å². The Morgan fingerprint density at radius 1 is 1.43 bits per heavy atom. The van der Waals surface area contributed by atoms with E-state index in [4.69, 9.17) is 16.1 Å². The van der Waals surface area contributed by atoms with Gasteiger partial charge in [0.25, 0.3) is 0 Å². The maximum absolute atomic E-state index is 13.0. The summed E-state index contributed by atoms with van der Waals surface area (Å²) in [4.78, 5) is 4.35. The van der Waals surface area contributed by atoms with E-state index in [1.165, 1.54) is 25.0 Å². The van der Waals surface area contributed by atoms with Crippen LogP contribution in [0.25, 0.3) is 11.4 Å². The van der Waals surface area contributed by atoms with Gasteiger partial charge in [-0.15, -0.1) is 0 Å². The molecule has 1 aliphatic rings. The highest BCUT2D eigenvalue weighted by Gasteiger charge is 2.16. The first-order valence-corrected chi connectivity index (χ1v) is 7.59. The molecule has 3 rings (SSSR count). The van der Waals surface area contributed by atoms with Crippen molar-refractivity contribution in [2.75, 3.05) is 13.1 Å². The number of nitrogens with one attached hydrogen (secondary N) is 1. The Bertz CT molecular complexity index is 611. The number of hydrogen-bond acceptors (Lipinski definition) is 4. The normalized spacial score (nSPS) is 18.9. The summed E-state index contributed by atoms with van der Waals surface area (Å²) in [5.41, 5.74) is 0.590. The molecule has 0 radical (unpaired) electrons. The van der Waals surface area contributed by atoms with Gasteiger partial charge < -0.3 is 9.84 Å². The second kappa shape index (κ2) is 6.54. The van der Waals surface area contributed by atoms with Crippen molar-refractivity contribution in [1.29, 1.82) is 0 Å². The molecule has 0 amide bonds. The van der Waals surface area contributed by atoms with E-state index in [1.54, 1.807) is 6.07 Å². The van der Waals surface area contributed by atoms with Gasteiger partial charge in [-0.2, -0.15) is 4.98 Å². The van der Waals surface area contributed by atoms with Gasteiger partial charge in [-0.05, 0) is 56.5 Å². The third-order valence-electron chi connectivity index (χ3n) is 3.81. The molecule has 21 heavy (non-hydrogen) atoms. The molecular weight excluding hydrogens is 293 g/mol. The van der Waals surface area contributed by atoms with Gasteiger partial charge in [-0.25, -0.2) is 4.39 Å². The summed E-state index contributed by atoms with van der Waals surface area (Å²) in [6.45, 7) is 2.18. The fourth-order valence-electron chi connectivity index (χ4n) is 2.63. The summed E-state index contributed by atoms with van der Waals surface area (Å²) in [6, 6.07) is 4.16. The van der Waals surface area contributed by atoms with Crippen LogP contribution in [0.4, 0.5) is 4.39 Å². The lowest BCUT2D eigenvalue weighted by Crippen LogP contribution is -2.29. The summed E-state index contributed by atoms with van der Waals surface area (Å²) >= 11 is 6.00. The number of nitrogens with zero attached hydrogens (tertiary/aromatic N) is 2. The van der Waals surface area contributed by atoms with Gasteiger partial charge in [-0.3, -0.25) is 0 Å². The minimum Gasteiger partial charge on any atom is -0.339 e. The summed E-state index contributed by atoms with van der Waals surface area (Å²) in [7, 11) is 0. The highest BCUT2D eigenvalue weighted by Crippen LogP contribution is 2.26. The molecule has 1 saturated heterocycles. The average molecular weight is 310 g/mol. The molecule has 1 aromatic heterocycles. The monoisotopic (exact) mass is 309 g/mol. The van der Waals surface area contributed by atoms with Gasteiger partial charge in [0.05, 0.1) is 5.02 Å². The molecule has 1 aliphatic heterocycles. The number of piperidine rings is 1. The van der Waals surface area contributed by atoms with Crippen molar-refractivity contribution in [3.63, 3.8) is 0 Å². The van der Waals surface area contributed by atoms with Crippen molar-refractivity contribution in [3.8, 4) is 11.4 Å². The molecule has 112 valence electrons. The zero-order valence-corrected chi connectivity index (χ0v) is 12.4. The predicted molar refractivity (Wildman–Crippen MR) is 78.6 cm³/mol. The van der Waals surface area contributed by atoms with Crippen LogP contribution in [-0.4, -0.2) is 23.2 Å². The van der Waals surface area contributed by atoms with Gasteiger partial charge in [-0.1, -0.05) is 16.8 Å². The standard InChI is InChI=1S/C15H17ClFN3O/c16-13-8-11(17)4-5-12(13)15-19-14(21-20-15)6-3-10-2-1-7-18-9-10/h4-5,8,10,18H,1-3,6-7,9H2. The Labute approximate surface area is 127 Å². The Morgan fingerprint density at radius 3 is 3.10 bits per heavy atom. The Kier molecular flexibility index (Phi) is 4.51. The fraction of sp³-hybridized carbons (Fsp3) is 0.467. The summed E-state index contributed by atoms with van der Waals surface area (Å²) in [6.07, 6.45) is 4.27. The topological polar surface area (TPSA) is 51.0 Å². The third kappa shape index (κ3) is 3.60. The van der Waals surface area contributed by atoms with Crippen molar-refractivity contribution in [2.45, 2.75) is 25.7 Å². The highest BCUT2D eigenvalue weighted by molar-refractivity contribution is 6.33. The van der Waals surface area contributed by atoms with E-state index in [2.05, 4.69) is 15.5 Å². The van der Waals surface area contributed by atoms with E-state index in [1.807, 2.05) is 0 Å². The number of aromatic nitrogens is 2. The lowest BCUT2D eigenvalue weighted by Gasteiger charge is -2.21. The average Bonchev–Trinajstić information content (AvgIpc) is 2.95. The van der Waals surface area contributed by atoms with Gasteiger partial charge in [0.1, 0.15) is 5.82 Å². The molecule has 1 aromatic carbocycles. The maximum Gasteiger partial charge on any atom is 0.226 e. The number of rotatable bonds is 4. The summed E-state index contributed by atoms with van der Waals surface area (Å²) in [5.74, 6) is 1.31. The predicted octanol–water partition coefficient (Wildman–Crippen LogP) is 3.46.